The Hall–Kier alpha value is -0.231. The van der Waals surface area contributed by atoms with Crippen molar-refractivity contribution in [1.82, 2.24) is 0 Å². The Bertz CT molecular complexity index is 606. The Morgan fingerprint density at radius 3 is 1.56 bits per heavy atom. The molecule has 0 bridgehead atoms. The minimum absolute atomic E-state index is 0.550. The van der Waals surface area contributed by atoms with Gasteiger partial charge < -0.3 is 0 Å². The van der Waals surface area contributed by atoms with E-state index in [2.05, 4.69) is 45.0 Å². The molecule has 0 aromatic heterocycles. The van der Waals surface area contributed by atoms with Gasteiger partial charge in [-0.1, -0.05) is 0 Å². The second-order valence-electron chi connectivity index (χ2n) is 7.97. The first kappa shape index (κ1) is 24.8. The SMILES string of the molecule is CCC[CH2][Sn]([CH2]CCC)([CH2]CCC)[c]1ccc(N(CCC)S(C)(=O)=O)cc1. The number of benzene rings is 1. The molecular weight excluding hydrogens is 461 g/mol. The molecule has 1 aromatic rings. The molecule has 0 saturated carbocycles. The number of hydrogen-bond donors (Lipinski definition) is 0. The van der Waals surface area contributed by atoms with E-state index in [0.29, 0.717) is 6.54 Å². The summed E-state index contributed by atoms with van der Waals surface area (Å²) < 4.78 is 31.8. The van der Waals surface area contributed by atoms with Gasteiger partial charge in [0.1, 0.15) is 0 Å². The average Bonchev–Trinajstić information content (AvgIpc) is 2.65. The first-order valence-corrected chi connectivity index (χ1v) is 20.3. The van der Waals surface area contributed by atoms with Crippen LogP contribution in [0.15, 0.2) is 24.3 Å². The summed E-state index contributed by atoms with van der Waals surface area (Å²) in [5, 5.41) is 0. The van der Waals surface area contributed by atoms with Gasteiger partial charge in [-0.2, -0.15) is 0 Å². The van der Waals surface area contributed by atoms with E-state index in [1.165, 1.54) is 58.1 Å². The van der Waals surface area contributed by atoms with E-state index in [9.17, 15) is 8.42 Å². The quantitative estimate of drug-likeness (QED) is 0.297. The summed E-state index contributed by atoms with van der Waals surface area (Å²) in [5.41, 5.74) is 0.824. The molecule has 0 heterocycles. The molecule has 0 aliphatic rings. The van der Waals surface area contributed by atoms with Crippen LogP contribution in [0.3, 0.4) is 0 Å². The number of sulfonamides is 1. The van der Waals surface area contributed by atoms with Crippen LogP contribution in [0.2, 0.25) is 13.3 Å². The predicted molar refractivity (Wildman–Crippen MR) is 123 cm³/mol. The summed E-state index contributed by atoms with van der Waals surface area (Å²) in [5.74, 6) is 0. The maximum atomic E-state index is 12.2. The maximum absolute atomic E-state index is 12.2. The Balaban J connectivity index is 3.24. The molecule has 1 aromatic carbocycles. The molecule has 27 heavy (non-hydrogen) atoms. The van der Waals surface area contributed by atoms with E-state index in [1.54, 1.807) is 7.88 Å². The van der Waals surface area contributed by atoms with Gasteiger partial charge in [0.2, 0.25) is 0 Å². The van der Waals surface area contributed by atoms with Crippen LogP contribution in [-0.2, 0) is 10.0 Å². The van der Waals surface area contributed by atoms with Gasteiger partial charge in [-0.3, -0.25) is 0 Å². The van der Waals surface area contributed by atoms with Crippen LogP contribution in [0.4, 0.5) is 5.69 Å². The summed E-state index contributed by atoms with van der Waals surface area (Å²) in [6.45, 7) is 9.47. The molecule has 0 saturated heterocycles. The van der Waals surface area contributed by atoms with E-state index in [4.69, 9.17) is 0 Å². The van der Waals surface area contributed by atoms with E-state index >= 15 is 0 Å². The molecule has 0 N–H and O–H groups in total. The average molecular weight is 502 g/mol. The second-order valence-corrected chi connectivity index (χ2v) is 23.1. The van der Waals surface area contributed by atoms with Gasteiger partial charge in [-0.25, -0.2) is 0 Å². The van der Waals surface area contributed by atoms with E-state index < -0.39 is 28.4 Å². The van der Waals surface area contributed by atoms with Crippen LogP contribution in [-0.4, -0.2) is 39.6 Å². The van der Waals surface area contributed by atoms with Crippen LogP contribution in [0.25, 0.3) is 0 Å². The molecular formula is C22H41NO2SSn. The molecule has 0 atom stereocenters. The van der Waals surface area contributed by atoms with Crippen LogP contribution in [0.1, 0.15) is 72.6 Å². The van der Waals surface area contributed by atoms with Crippen LogP contribution in [0.5, 0.6) is 0 Å². The normalized spacial score (nSPS) is 12.3. The fraction of sp³-hybridized carbons (Fsp3) is 0.727. The van der Waals surface area contributed by atoms with E-state index in [-0.39, 0.29) is 0 Å². The monoisotopic (exact) mass is 503 g/mol. The van der Waals surface area contributed by atoms with E-state index in [0.717, 1.165) is 12.1 Å². The van der Waals surface area contributed by atoms with Gasteiger partial charge in [0, 0.05) is 0 Å². The van der Waals surface area contributed by atoms with Gasteiger partial charge in [-0.05, 0) is 0 Å². The minimum atomic E-state index is -3.22. The summed E-state index contributed by atoms with van der Waals surface area (Å²) in [6, 6.07) is 8.73. The molecule has 0 amide bonds. The zero-order chi connectivity index (χ0) is 20.3. The van der Waals surface area contributed by atoms with Crippen molar-refractivity contribution < 1.29 is 8.42 Å². The Morgan fingerprint density at radius 1 is 0.778 bits per heavy atom. The van der Waals surface area contributed by atoms with Crippen molar-refractivity contribution in [3.63, 3.8) is 0 Å². The molecule has 0 radical (unpaired) electrons. The number of rotatable bonds is 14. The molecule has 0 aliphatic carbocycles. The summed E-state index contributed by atoms with van der Waals surface area (Å²) in [6.07, 6.45) is 9.98. The molecule has 0 unspecified atom stereocenters. The number of anilines is 1. The third kappa shape index (κ3) is 7.60. The van der Waals surface area contributed by atoms with Crippen LogP contribution in [0, 0.1) is 0 Å². The molecule has 1 rings (SSSR count). The van der Waals surface area contributed by atoms with Crippen molar-refractivity contribution in [1.29, 1.82) is 0 Å². The first-order chi connectivity index (χ1) is 12.8. The molecule has 3 nitrogen and oxygen atoms in total. The molecule has 5 heteroatoms. The van der Waals surface area contributed by atoms with Crippen molar-refractivity contribution in [2.45, 2.75) is 86.0 Å². The summed E-state index contributed by atoms with van der Waals surface area (Å²) in [4.78, 5) is 0. The Morgan fingerprint density at radius 2 is 1.22 bits per heavy atom. The Labute approximate surface area is 172 Å². The Kier molecular flexibility index (Phi) is 11.4. The van der Waals surface area contributed by atoms with Gasteiger partial charge in [-0.15, -0.1) is 0 Å². The first-order valence-electron chi connectivity index (χ1n) is 10.9. The molecule has 0 spiro atoms. The fourth-order valence-corrected chi connectivity index (χ4v) is 21.0. The van der Waals surface area contributed by atoms with Gasteiger partial charge in [0.05, 0.1) is 0 Å². The van der Waals surface area contributed by atoms with Gasteiger partial charge >= 0.3 is 173 Å². The van der Waals surface area contributed by atoms with Gasteiger partial charge in [0.25, 0.3) is 0 Å². The second kappa shape index (κ2) is 12.4. The van der Waals surface area contributed by atoms with Gasteiger partial charge in [0.15, 0.2) is 0 Å². The van der Waals surface area contributed by atoms with Crippen molar-refractivity contribution in [3.8, 4) is 0 Å². The molecule has 156 valence electrons. The topological polar surface area (TPSA) is 37.4 Å². The van der Waals surface area contributed by atoms with Crippen molar-refractivity contribution >= 4 is 37.7 Å². The van der Waals surface area contributed by atoms with Crippen LogP contribution < -0.4 is 7.88 Å². The summed E-state index contributed by atoms with van der Waals surface area (Å²) in [7, 11) is -3.22. The van der Waals surface area contributed by atoms with Crippen LogP contribution >= 0.6 is 0 Å². The zero-order valence-electron chi connectivity index (χ0n) is 18.3. The number of nitrogens with zero attached hydrogens (tertiary/aromatic N) is 1. The molecule has 0 fully saturated rings. The van der Waals surface area contributed by atoms with Crippen molar-refractivity contribution in [3.05, 3.63) is 24.3 Å². The zero-order valence-corrected chi connectivity index (χ0v) is 21.9. The third-order valence-corrected chi connectivity index (χ3v) is 22.5. The van der Waals surface area contributed by atoms with Crippen molar-refractivity contribution in [2.24, 2.45) is 0 Å². The molecule has 0 aliphatic heterocycles. The third-order valence-electron chi connectivity index (χ3n) is 5.62. The number of hydrogen-bond acceptors (Lipinski definition) is 2. The standard InChI is InChI=1S/C10H14NO2S.3C4H9.Sn/c1-3-9-11(14(2,12)13)10-7-5-4-6-8-10;3*1-3-4-2;/h5-8H,3,9H2,1-2H3;3*1,3-4H2,2H3;. The van der Waals surface area contributed by atoms with E-state index in [1.807, 2.05) is 6.92 Å². The summed E-state index contributed by atoms with van der Waals surface area (Å²) >= 11 is -2.43. The predicted octanol–water partition coefficient (Wildman–Crippen LogP) is 5.92. The van der Waals surface area contributed by atoms with Crippen molar-refractivity contribution in [2.75, 3.05) is 17.1 Å². The fourth-order valence-electron chi connectivity index (χ4n) is 4.02. The number of unbranched alkanes of at least 4 members (excludes halogenated alkanes) is 3.